The Kier molecular flexibility index (Phi) is 9.70. The molecule has 10 nitrogen and oxygen atoms in total. The van der Waals surface area contributed by atoms with Gasteiger partial charge < -0.3 is 29.1 Å². The van der Waals surface area contributed by atoms with E-state index in [1.807, 2.05) is 0 Å². The lowest BCUT2D eigenvalue weighted by Crippen LogP contribution is -2.45. The number of rotatable bonds is 6. The van der Waals surface area contributed by atoms with E-state index in [9.17, 15) is 19.8 Å². The Balaban J connectivity index is 1.55. The Bertz CT molecular complexity index is 926. The zero-order chi connectivity index (χ0) is 24.5. The summed E-state index contributed by atoms with van der Waals surface area (Å²) in [7, 11) is 4.24. The van der Waals surface area contributed by atoms with Crippen molar-refractivity contribution in [3.05, 3.63) is 57.4 Å². The largest absolute Gasteiger partial charge is 0.503 e. The van der Waals surface area contributed by atoms with Crippen LogP contribution in [0.5, 0.6) is 11.5 Å². The minimum Gasteiger partial charge on any atom is -0.503 e. The third-order valence-corrected chi connectivity index (χ3v) is 6.51. The second kappa shape index (κ2) is 12.7. The molecule has 0 saturated carbocycles. The monoisotopic (exact) mass is 474 g/mol. The van der Waals surface area contributed by atoms with Gasteiger partial charge in [0.2, 0.25) is 0 Å². The standard InChI is InChI=1S/C24H38N6O4/c1-25-9-13-27(17-19-29-7-3-5-21(31)23(29)33)15-11-26(2)12-16-28(14-10-25)18-20-30-8-4-6-22(32)24(30)34/h3-8,31-32H,9-20H2,1-2H3. The fraction of sp³-hybridized carbons (Fsp3) is 0.583. The molecular formula is C24H38N6O4. The summed E-state index contributed by atoms with van der Waals surface area (Å²) in [6, 6.07) is 6.23. The fourth-order valence-corrected chi connectivity index (χ4v) is 4.04. The van der Waals surface area contributed by atoms with Crippen LogP contribution in [-0.2, 0) is 13.1 Å². The molecule has 3 rings (SSSR count). The molecule has 10 heteroatoms. The second-order valence-electron chi connectivity index (χ2n) is 9.07. The molecule has 3 heterocycles. The van der Waals surface area contributed by atoms with Crippen molar-refractivity contribution in [1.82, 2.24) is 28.7 Å². The summed E-state index contributed by atoms with van der Waals surface area (Å²) in [5.74, 6) is -0.427. The first-order valence-electron chi connectivity index (χ1n) is 11.9. The van der Waals surface area contributed by atoms with Gasteiger partial charge >= 0.3 is 0 Å². The highest BCUT2D eigenvalue weighted by Crippen LogP contribution is 2.02. The molecule has 34 heavy (non-hydrogen) atoms. The Morgan fingerprint density at radius 3 is 1.32 bits per heavy atom. The van der Waals surface area contributed by atoms with Crippen LogP contribution in [0.2, 0.25) is 0 Å². The molecule has 0 bridgehead atoms. The van der Waals surface area contributed by atoms with Gasteiger partial charge in [0.05, 0.1) is 0 Å². The van der Waals surface area contributed by atoms with E-state index in [0.717, 1.165) is 65.4 Å². The average Bonchev–Trinajstić information content (AvgIpc) is 2.82. The highest BCUT2D eigenvalue weighted by molar-refractivity contribution is 5.15. The molecule has 0 atom stereocenters. The molecule has 188 valence electrons. The van der Waals surface area contributed by atoms with E-state index < -0.39 is 0 Å². The minimum atomic E-state index is -0.348. The molecule has 0 radical (unpaired) electrons. The number of nitrogens with zero attached hydrogens (tertiary/aromatic N) is 6. The van der Waals surface area contributed by atoms with Gasteiger partial charge in [0.1, 0.15) is 0 Å². The molecule has 0 aromatic carbocycles. The maximum Gasteiger partial charge on any atom is 0.292 e. The smallest absolute Gasteiger partial charge is 0.292 e. The van der Waals surface area contributed by atoms with Crippen LogP contribution in [0.1, 0.15) is 0 Å². The van der Waals surface area contributed by atoms with Crippen molar-refractivity contribution in [2.45, 2.75) is 13.1 Å². The summed E-state index contributed by atoms with van der Waals surface area (Å²) in [5.41, 5.74) is -0.696. The molecule has 1 saturated heterocycles. The van der Waals surface area contributed by atoms with Crippen LogP contribution < -0.4 is 11.1 Å². The maximum absolute atomic E-state index is 12.1. The number of hydrogen-bond donors (Lipinski definition) is 2. The zero-order valence-corrected chi connectivity index (χ0v) is 20.3. The van der Waals surface area contributed by atoms with E-state index in [2.05, 4.69) is 33.7 Å². The molecule has 0 aliphatic carbocycles. The van der Waals surface area contributed by atoms with Crippen molar-refractivity contribution in [2.75, 3.05) is 79.5 Å². The van der Waals surface area contributed by atoms with Gasteiger partial charge in [-0.1, -0.05) is 0 Å². The molecule has 2 aromatic rings. The summed E-state index contributed by atoms with van der Waals surface area (Å²) in [6.07, 6.45) is 3.44. The van der Waals surface area contributed by atoms with Crippen LogP contribution in [0.4, 0.5) is 0 Å². The van der Waals surface area contributed by atoms with Gasteiger partial charge in [-0.25, -0.2) is 0 Å². The number of aromatic nitrogens is 2. The summed E-state index contributed by atoms with van der Waals surface area (Å²) < 4.78 is 3.13. The number of likely N-dealkylation sites (N-methyl/N-ethyl adjacent to an activating group) is 2. The number of aromatic hydroxyl groups is 2. The highest BCUT2D eigenvalue weighted by atomic mass is 16.3. The van der Waals surface area contributed by atoms with E-state index in [1.165, 1.54) is 12.1 Å². The lowest BCUT2D eigenvalue weighted by atomic mass is 10.3. The fourth-order valence-electron chi connectivity index (χ4n) is 4.04. The third-order valence-electron chi connectivity index (χ3n) is 6.51. The number of hydrogen-bond acceptors (Lipinski definition) is 8. The van der Waals surface area contributed by atoms with Crippen LogP contribution in [-0.4, -0.2) is 118 Å². The summed E-state index contributed by atoms with van der Waals surface area (Å²) in [5, 5.41) is 19.3. The molecule has 1 fully saturated rings. The quantitative estimate of drug-likeness (QED) is 0.584. The predicted octanol–water partition coefficient (Wildman–Crippen LogP) is -0.397. The SMILES string of the molecule is CN1CCN(CCn2cccc(O)c2=O)CCN(C)CCN(CCn2cccc(O)c2=O)CC1. The molecule has 0 spiro atoms. The van der Waals surface area contributed by atoms with E-state index in [-0.39, 0.29) is 22.6 Å². The van der Waals surface area contributed by atoms with Gasteiger partial charge in [0.25, 0.3) is 11.1 Å². The van der Waals surface area contributed by atoms with Crippen molar-refractivity contribution in [1.29, 1.82) is 0 Å². The summed E-state index contributed by atoms with van der Waals surface area (Å²) in [6.45, 7) is 9.84. The Labute approximate surface area is 200 Å². The van der Waals surface area contributed by atoms with Crippen molar-refractivity contribution in [2.24, 2.45) is 0 Å². The molecule has 2 aromatic heterocycles. The van der Waals surface area contributed by atoms with Crippen molar-refractivity contribution in [3.8, 4) is 11.5 Å². The lowest BCUT2D eigenvalue weighted by Gasteiger charge is -2.32. The van der Waals surface area contributed by atoms with Crippen LogP contribution >= 0.6 is 0 Å². The predicted molar refractivity (Wildman–Crippen MR) is 133 cm³/mol. The zero-order valence-electron chi connectivity index (χ0n) is 20.3. The normalized spacial score (nSPS) is 18.4. The third kappa shape index (κ3) is 7.69. The first-order chi connectivity index (χ1) is 16.3. The summed E-state index contributed by atoms with van der Waals surface area (Å²) in [4.78, 5) is 33.6. The lowest BCUT2D eigenvalue weighted by molar-refractivity contribution is 0.149. The second-order valence-corrected chi connectivity index (χ2v) is 9.07. The van der Waals surface area contributed by atoms with Crippen molar-refractivity contribution in [3.63, 3.8) is 0 Å². The average molecular weight is 475 g/mol. The van der Waals surface area contributed by atoms with Crippen molar-refractivity contribution >= 4 is 0 Å². The maximum atomic E-state index is 12.1. The van der Waals surface area contributed by atoms with Crippen LogP contribution in [0, 0.1) is 0 Å². The molecular weight excluding hydrogens is 436 g/mol. The van der Waals surface area contributed by atoms with Gasteiger partial charge in [0.15, 0.2) is 11.5 Å². The van der Waals surface area contributed by atoms with Gasteiger partial charge in [-0.05, 0) is 38.4 Å². The van der Waals surface area contributed by atoms with Gasteiger partial charge in [0, 0.05) is 90.9 Å². The van der Waals surface area contributed by atoms with Gasteiger partial charge in [-0.3, -0.25) is 19.4 Å². The summed E-state index contributed by atoms with van der Waals surface area (Å²) >= 11 is 0. The van der Waals surface area contributed by atoms with E-state index in [0.29, 0.717) is 13.1 Å². The topological polar surface area (TPSA) is 97.4 Å². The first kappa shape index (κ1) is 26.0. The Hall–Kier alpha value is -2.66. The van der Waals surface area contributed by atoms with E-state index in [4.69, 9.17) is 0 Å². The van der Waals surface area contributed by atoms with Crippen LogP contribution in [0.25, 0.3) is 0 Å². The van der Waals surface area contributed by atoms with Crippen molar-refractivity contribution < 1.29 is 10.2 Å². The molecule has 1 aliphatic heterocycles. The first-order valence-corrected chi connectivity index (χ1v) is 11.9. The minimum absolute atomic E-state index is 0.214. The molecule has 1 aliphatic rings. The Morgan fingerprint density at radius 2 is 0.971 bits per heavy atom. The molecule has 2 N–H and O–H groups in total. The Morgan fingerprint density at radius 1 is 0.618 bits per heavy atom. The molecule has 0 unspecified atom stereocenters. The van der Waals surface area contributed by atoms with Crippen LogP contribution in [0.15, 0.2) is 46.2 Å². The highest BCUT2D eigenvalue weighted by Gasteiger charge is 2.14. The molecule has 0 amide bonds. The van der Waals surface area contributed by atoms with Crippen LogP contribution in [0.3, 0.4) is 0 Å². The van der Waals surface area contributed by atoms with Gasteiger partial charge in [-0.2, -0.15) is 0 Å². The number of pyridine rings is 2. The van der Waals surface area contributed by atoms with E-state index in [1.54, 1.807) is 33.7 Å². The van der Waals surface area contributed by atoms with E-state index >= 15 is 0 Å². The van der Waals surface area contributed by atoms with Gasteiger partial charge in [-0.15, -0.1) is 0 Å².